The lowest BCUT2D eigenvalue weighted by atomic mass is 10.3. The molecule has 1 unspecified atom stereocenters. The van der Waals surface area contributed by atoms with Gasteiger partial charge in [0, 0.05) is 11.0 Å². The fraction of sp³-hybridized carbons (Fsp3) is 0.462. The van der Waals surface area contributed by atoms with E-state index >= 15 is 0 Å². The summed E-state index contributed by atoms with van der Waals surface area (Å²) in [7, 11) is 0. The first-order valence-corrected chi connectivity index (χ1v) is 6.64. The van der Waals surface area contributed by atoms with Crippen LogP contribution in [0, 0.1) is 5.92 Å². The van der Waals surface area contributed by atoms with Gasteiger partial charge in [0.1, 0.15) is 5.75 Å². The number of benzene rings is 1. The molecule has 4 heteroatoms. The Labute approximate surface area is 110 Å². The van der Waals surface area contributed by atoms with E-state index < -0.39 is 6.10 Å². The van der Waals surface area contributed by atoms with E-state index in [1.165, 1.54) is 12.8 Å². The Balaban J connectivity index is 1.82. The van der Waals surface area contributed by atoms with Crippen molar-refractivity contribution in [1.82, 2.24) is 5.32 Å². The molecule has 0 radical (unpaired) electrons. The Bertz CT molecular complexity index is 404. The van der Waals surface area contributed by atoms with E-state index in [2.05, 4.69) is 21.2 Å². The van der Waals surface area contributed by atoms with Gasteiger partial charge < -0.3 is 10.1 Å². The lowest BCUT2D eigenvalue weighted by Gasteiger charge is -2.14. The molecular formula is C13H16BrNO2. The van der Waals surface area contributed by atoms with Crippen LogP contribution in [0.2, 0.25) is 0 Å². The van der Waals surface area contributed by atoms with E-state index in [9.17, 15) is 4.79 Å². The highest BCUT2D eigenvalue weighted by Crippen LogP contribution is 2.27. The van der Waals surface area contributed by atoms with Gasteiger partial charge in [-0.05, 0) is 43.9 Å². The summed E-state index contributed by atoms with van der Waals surface area (Å²) in [5.74, 6) is 1.35. The number of carbonyl (C=O) groups excluding carboxylic acids is 1. The van der Waals surface area contributed by atoms with Gasteiger partial charge in [-0.1, -0.05) is 22.0 Å². The molecule has 1 aromatic rings. The molecule has 1 N–H and O–H groups in total. The van der Waals surface area contributed by atoms with Gasteiger partial charge in [-0.25, -0.2) is 0 Å². The highest BCUT2D eigenvalue weighted by Gasteiger charge is 2.23. The quantitative estimate of drug-likeness (QED) is 0.907. The third-order valence-electron chi connectivity index (χ3n) is 2.74. The molecule has 1 fully saturated rings. The number of hydrogen-bond acceptors (Lipinski definition) is 2. The molecule has 92 valence electrons. The van der Waals surface area contributed by atoms with Gasteiger partial charge >= 0.3 is 0 Å². The first-order chi connectivity index (χ1) is 8.15. The Hall–Kier alpha value is -1.03. The summed E-state index contributed by atoms with van der Waals surface area (Å²) in [4.78, 5) is 11.7. The van der Waals surface area contributed by atoms with Crippen LogP contribution in [-0.2, 0) is 4.79 Å². The van der Waals surface area contributed by atoms with Crippen LogP contribution in [-0.4, -0.2) is 18.6 Å². The summed E-state index contributed by atoms with van der Waals surface area (Å²) >= 11 is 3.37. The minimum atomic E-state index is -0.456. The SMILES string of the molecule is CC(Oc1cccc(Br)c1)C(=O)NCC1CC1. The molecule has 0 spiro atoms. The molecule has 2 rings (SSSR count). The van der Waals surface area contributed by atoms with Crippen molar-refractivity contribution in [1.29, 1.82) is 0 Å². The van der Waals surface area contributed by atoms with E-state index in [0.29, 0.717) is 11.7 Å². The summed E-state index contributed by atoms with van der Waals surface area (Å²) in [5, 5.41) is 2.90. The molecule has 1 aromatic carbocycles. The highest BCUT2D eigenvalue weighted by molar-refractivity contribution is 9.10. The Morgan fingerprint density at radius 1 is 1.59 bits per heavy atom. The van der Waals surface area contributed by atoms with Crippen molar-refractivity contribution in [2.45, 2.75) is 25.9 Å². The summed E-state index contributed by atoms with van der Waals surface area (Å²) < 4.78 is 6.51. The number of hydrogen-bond donors (Lipinski definition) is 1. The minimum Gasteiger partial charge on any atom is -0.481 e. The van der Waals surface area contributed by atoms with E-state index in [1.807, 2.05) is 24.3 Å². The second-order valence-corrected chi connectivity index (χ2v) is 5.32. The van der Waals surface area contributed by atoms with Crippen LogP contribution in [0.3, 0.4) is 0 Å². The van der Waals surface area contributed by atoms with Crippen molar-refractivity contribution in [3.05, 3.63) is 28.7 Å². The lowest BCUT2D eigenvalue weighted by molar-refractivity contribution is -0.127. The zero-order valence-electron chi connectivity index (χ0n) is 9.78. The van der Waals surface area contributed by atoms with Gasteiger partial charge in [-0.15, -0.1) is 0 Å². The van der Waals surface area contributed by atoms with E-state index in [-0.39, 0.29) is 5.91 Å². The van der Waals surface area contributed by atoms with Gasteiger partial charge in [0.15, 0.2) is 6.10 Å². The predicted octanol–water partition coefficient (Wildman–Crippen LogP) is 2.74. The van der Waals surface area contributed by atoms with E-state index in [4.69, 9.17) is 4.74 Å². The largest absolute Gasteiger partial charge is 0.481 e. The maximum absolute atomic E-state index is 11.7. The zero-order chi connectivity index (χ0) is 12.3. The lowest BCUT2D eigenvalue weighted by Crippen LogP contribution is -2.37. The summed E-state index contributed by atoms with van der Waals surface area (Å²) in [6.45, 7) is 2.55. The zero-order valence-corrected chi connectivity index (χ0v) is 11.4. The number of halogens is 1. The second-order valence-electron chi connectivity index (χ2n) is 4.41. The van der Waals surface area contributed by atoms with Crippen molar-refractivity contribution in [2.24, 2.45) is 5.92 Å². The Morgan fingerprint density at radius 2 is 2.35 bits per heavy atom. The maximum Gasteiger partial charge on any atom is 0.260 e. The molecule has 1 aliphatic rings. The average Bonchev–Trinajstić information content (AvgIpc) is 3.09. The van der Waals surface area contributed by atoms with Crippen molar-refractivity contribution in [2.75, 3.05) is 6.54 Å². The van der Waals surface area contributed by atoms with Gasteiger partial charge in [-0.3, -0.25) is 4.79 Å². The average molecular weight is 298 g/mol. The third-order valence-corrected chi connectivity index (χ3v) is 3.23. The number of nitrogens with one attached hydrogen (secondary N) is 1. The molecule has 3 nitrogen and oxygen atoms in total. The van der Waals surface area contributed by atoms with Crippen LogP contribution in [0.15, 0.2) is 28.7 Å². The van der Waals surface area contributed by atoms with Gasteiger partial charge in [0.2, 0.25) is 0 Å². The first kappa shape index (κ1) is 12.4. The number of rotatable bonds is 5. The van der Waals surface area contributed by atoms with Crippen LogP contribution >= 0.6 is 15.9 Å². The molecule has 0 aromatic heterocycles. The fourth-order valence-electron chi connectivity index (χ4n) is 1.51. The molecule has 0 heterocycles. The van der Waals surface area contributed by atoms with Crippen LogP contribution in [0.25, 0.3) is 0 Å². The fourth-order valence-corrected chi connectivity index (χ4v) is 1.89. The maximum atomic E-state index is 11.7. The van der Waals surface area contributed by atoms with Crippen LogP contribution < -0.4 is 10.1 Å². The molecule has 1 saturated carbocycles. The number of ether oxygens (including phenoxy) is 1. The summed E-state index contributed by atoms with van der Waals surface area (Å²) in [5.41, 5.74) is 0. The van der Waals surface area contributed by atoms with Crippen molar-refractivity contribution in [3.8, 4) is 5.75 Å². The third kappa shape index (κ3) is 4.04. The van der Waals surface area contributed by atoms with Gasteiger partial charge in [-0.2, -0.15) is 0 Å². The Morgan fingerprint density at radius 3 is 3.00 bits per heavy atom. The van der Waals surface area contributed by atoms with Gasteiger partial charge in [0.25, 0.3) is 5.91 Å². The molecule has 1 atom stereocenters. The summed E-state index contributed by atoms with van der Waals surface area (Å²) in [6.07, 6.45) is 2.02. The van der Waals surface area contributed by atoms with Crippen molar-refractivity contribution in [3.63, 3.8) is 0 Å². The molecule has 0 aliphatic heterocycles. The molecule has 1 amide bonds. The number of carbonyl (C=O) groups is 1. The highest BCUT2D eigenvalue weighted by atomic mass is 79.9. The van der Waals surface area contributed by atoms with Crippen molar-refractivity contribution >= 4 is 21.8 Å². The van der Waals surface area contributed by atoms with E-state index in [0.717, 1.165) is 11.0 Å². The van der Waals surface area contributed by atoms with Crippen LogP contribution in [0.4, 0.5) is 0 Å². The smallest absolute Gasteiger partial charge is 0.260 e. The molecular weight excluding hydrogens is 282 g/mol. The monoisotopic (exact) mass is 297 g/mol. The topological polar surface area (TPSA) is 38.3 Å². The number of amides is 1. The molecule has 17 heavy (non-hydrogen) atoms. The first-order valence-electron chi connectivity index (χ1n) is 5.85. The van der Waals surface area contributed by atoms with Crippen molar-refractivity contribution < 1.29 is 9.53 Å². The minimum absolute atomic E-state index is 0.0446. The predicted molar refractivity (Wildman–Crippen MR) is 70.0 cm³/mol. The normalized spacial score (nSPS) is 16.4. The second kappa shape index (κ2) is 5.54. The summed E-state index contributed by atoms with van der Waals surface area (Å²) in [6, 6.07) is 7.50. The molecule has 0 bridgehead atoms. The standard InChI is InChI=1S/C13H16BrNO2/c1-9(13(16)15-8-10-5-6-10)17-12-4-2-3-11(14)7-12/h2-4,7,9-10H,5-6,8H2,1H3,(H,15,16). The Kier molecular flexibility index (Phi) is 4.05. The van der Waals surface area contributed by atoms with Crippen LogP contribution in [0.5, 0.6) is 5.75 Å². The van der Waals surface area contributed by atoms with Crippen LogP contribution in [0.1, 0.15) is 19.8 Å². The van der Waals surface area contributed by atoms with Gasteiger partial charge in [0.05, 0.1) is 0 Å². The van der Waals surface area contributed by atoms with E-state index in [1.54, 1.807) is 6.92 Å². The molecule has 1 aliphatic carbocycles. The molecule has 0 saturated heterocycles.